The van der Waals surface area contributed by atoms with Gasteiger partial charge in [0.2, 0.25) is 10.0 Å². The van der Waals surface area contributed by atoms with Gasteiger partial charge < -0.3 is 10.1 Å². The second-order valence-electron chi connectivity index (χ2n) is 8.09. The molecule has 3 aromatic carbocycles. The number of ether oxygens (including phenoxy) is 1. The third-order valence-electron chi connectivity index (χ3n) is 5.92. The molecule has 4 rings (SSSR count). The number of nitrogens with one attached hydrogen (secondary N) is 2. The van der Waals surface area contributed by atoms with Crippen molar-refractivity contribution in [1.29, 1.82) is 0 Å². The highest BCUT2D eigenvalue weighted by atomic mass is 32.2. The molecular weight excluding hydrogens is 470 g/mol. The number of sulfonamides is 1. The lowest BCUT2D eigenvalue weighted by Gasteiger charge is -2.22. The first-order valence-corrected chi connectivity index (χ1v) is 12.3. The molecule has 1 aliphatic rings. The van der Waals surface area contributed by atoms with Crippen LogP contribution in [0.4, 0.5) is 0 Å². The van der Waals surface area contributed by atoms with Gasteiger partial charge in [-0.05, 0) is 53.9 Å². The fraction of sp³-hybridized carbons (Fsp3) is 0.200. The van der Waals surface area contributed by atoms with Gasteiger partial charge in [0.15, 0.2) is 0 Å². The maximum absolute atomic E-state index is 13.2. The molecule has 0 aliphatic carbocycles. The van der Waals surface area contributed by atoms with E-state index in [1.807, 2.05) is 42.5 Å². The summed E-state index contributed by atoms with van der Waals surface area (Å²) in [4.78, 5) is 25.1. The third kappa shape index (κ3) is 5.19. The Morgan fingerprint density at radius 2 is 1.57 bits per heavy atom. The predicted molar refractivity (Wildman–Crippen MR) is 128 cm³/mol. The standard InChI is InChI=1S/C25H25N3O6S/c1-34-21-11-13-22(14-12-21)35(32,33)28-16-20(15-23(28)25(30)27-31)26-24(29)19-9-7-18(8-10-19)17-5-3-2-4-6-17/h2-14,20,23,31H,15-16H2,1H3,(H,26,29)(H,27,30). The van der Waals surface area contributed by atoms with Crippen LogP contribution in [-0.4, -0.2) is 55.5 Å². The van der Waals surface area contributed by atoms with Gasteiger partial charge in [0.05, 0.1) is 12.0 Å². The molecule has 0 spiro atoms. The minimum Gasteiger partial charge on any atom is -0.497 e. The summed E-state index contributed by atoms with van der Waals surface area (Å²) in [5.74, 6) is -0.772. The molecule has 1 heterocycles. The predicted octanol–water partition coefficient (Wildman–Crippen LogP) is 2.43. The van der Waals surface area contributed by atoms with E-state index < -0.39 is 28.0 Å². The molecule has 1 fully saturated rings. The van der Waals surface area contributed by atoms with E-state index >= 15 is 0 Å². The quantitative estimate of drug-likeness (QED) is 0.342. The Balaban J connectivity index is 1.50. The van der Waals surface area contributed by atoms with E-state index in [9.17, 15) is 18.0 Å². The van der Waals surface area contributed by atoms with Crippen LogP contribution in [0.15, 0.2) is 83.8 Å². The van der Waals surface area contributed by atoms with Crippen LogP contribution >= 0.6 is 0 Å². The average molecular weight is 496 g/mol. The number of nitrogens with zero attached hydrogens (tertiary/aromatic N) is 1. The zero-order chi connectivity index (χ0) is 25.0. The molecule has 2 unspecified atom stereocenters. The van der Waals surface area contributed by atoms with Gasteiger partial charge in [-0.3, -0.25) is 14.8 Å². The minimum atomic E-state index is -4.08. The summed E-state index contributed by atoms with van der Waals surface area (Å²) in [6, 6.07) is 20.7. The van der Waals surface area contributed by atoms with Gasteiger partial charge in [0.1, 0.15) is 11.8 Å². The Morgan fingerprint density at radius 1 is 0.943 bits per heavy atom. The number of amides is 2. The maximum atomic E-state index is 13.2. The lowest BCUT2D eigenvalue weighted by Crippen LogP contribution is -2.45. The number of hydrogen-bond acceptors (Lipinski definition) is 6. The number of methoxy groups -OCH3 is 1. The van der Waals surface area contributed by atoms with Gasteiger partial charge in [-0.2, -0.15) is 4.31 Å². The van der Waals surface area contributed by atoms with Gasteiger partial charge in [0, 0.05) is 18.2 Å². The van der Waals surface area contributed by atoms with Crippen molar-refractivity contribution in [3.8, 4) is 16.9 Å². The van der Waals surface area contributed by atoms with Crippen LogP contribution < -0.4 is 15.5 Å². The zero-order valence-corrected chi connectivity index (χ0v) is 19.7. The van der Waals surface area contributed by atoms with Crippen LogP contribution in [0, 0.1) is 0 Å². The summed E-state index contributed by atoms with van der Waals surface area (Å²) in [5, 5.41) is 12.0. The smallest absolute Gasteiger partial charge is 0.261 e. The van der Waals surface area contributed by atoms with Crippen molar-refractivity contribution in [2.24, 2.45) is 0 Å². The second kappa shape index (κ2) is 10.3. The Kier molecular flexibility index (Phi) is 7.15. The molecule has 35 heavy (non-hydrogen) atoms. The number of hydroxylamine groups is 1. The number of benzene rings is 3. The Bertz CT molecular complexity index is 1300. The third-order valence-corrected chi connectivity index (χ3v) is 7.81. The molecule has 3 aromatic rings. The molecule has 10 heteroatoms. The second-order valence-corrected chi connectivity index (χ2v) is 9.98. The molecule has 182 valence electrons. The molecule has 1 saturated heterocycles. The average Bonchev–Trinajstić information content (AvgIpc) is 3.33. The van der Waals surface area contributed by atoms with Crippen LogP contribution in [0.1, 0.15) is 16.8 Å². The molecule has 0 aromatic heterocycles. The van der Waals surface area contributed by atoms with Crippen LogP contribution in [0.2, 0.25) is 0 Å². The van der Waals surface area contributed by atoms with Crippen molar-refractivity contribution >= 4 is 21.8 Å². The highest BCUT2D eigenvalue weighted by molar-refractivity contribution is 7.89. The van der Waals surface area contributed by atoms with E-state index in [-0.39, 0.29) is 23.8 Å². The van der Waals surface area contributed by atoms with Crippen molar-refractivity contribution in [3.63, 3.8) is 0 Å². The summed E-state index contributed by atoms with van der Waals surface area (Å²) in [5.41, 5.74) is 3.91. The topological polar surface area (TPSA) is 125 Å². The van der Waals surface area contributed by atoms with Gasteiger partial charge in [-0.15, -0.1) is 0 Å². The van der Waals surface area contributed by atoms with Crippen molar-refractivity contribution in [2.75, 3.05) is 13.7 Å². The van der Waals surface area contributed by atoms with Gasteiger partial charge in [0.25, 0.3) is 11.8 Å². The molecule has 3 N–H and O–H groups in total. The largest absolute Gasteiger partial charge is 0.497 e. The van der Waals surface area contributed by atoms with E-state index in [1.54, 1.807) is 12.1 Å². The minimum absolute atomic E-state index is 0.00954. The fourth-order valence-electron chi connectivity index (χ4n) is 4.09. The first-order valence-electron chi connectivity index (χ1n) is 10.9. The van der Waals surface area contributed by atoms with E-state index in [0.717, 1.165) is 15.4 Å². The van der Waals surface area contributed by atoms with Crippen LogP contribution in [0.5, 0.6) is 5.75 Å². The number of rotatable bonds is 7. The molecule has 9 nitrogen and oxygen atoms in total. The first kappa shape index (κ1) is 24.4. The van der Waals surface area contributed by atoms with Crippen LogP contribution in [-0.2, 0) is 14.8 Å². The SMILES string of the molecule is COc1ccc(S(=O)(=O)N2CC(NC(=O)c3ccc(-c4ccccc4)cc3)CC2C(=O)NO)cc1. The van der Waals surface area contributed by atoms with E-state index in [0.29, 0.717) is 11.3 Å². The summed E-state index contributed by atoms with van der Waals surface area (Å²) in [7, 11) is -2.62. The molecule has 2 amide bonds. The van der Waals surface area contributed by atoms with E-state index in [2.05, 4.69) is 5.32 Å². The lowest BCUT2D eigenvalue weighted by molar-refractivity contribution is -0.132. The van der Waals surface area contributed by atoms with E-state index in [1.165, 1.54) is 36.9 Å². The van der Waals surface area contributed by atoms with Gasteiger partial charge in [-0.1, -0.05) is 42.5 Å². The Hall–Kier alpha value is -3.73. The molecule has 0 saturated carbocycles. The highest BCUT2D eigenvalue weighted by Gasteiger charge is 2.44. The zero-order valence-electron chi connectivity index (χ0n) is 18.9. The van der Waals surface area contributed by atoms with Crippen LogP contribution in [0.25, 0.3) is 11.1 Å². The molecular formula is C25H25N3O6S. The molecule has 0 bridgehead atoms. The lowest BCUT2D eigenvalue weighted by atomic mass is 10.0. The normalized spacial score (nSPS) is 18.1. The summed E-state index contributed by atoms with van der Waals surface area (Å²) < 4.78 is 32.6. The van der Waals surface area contributed by atoms with E-state index in [4.69, 9.17) is 9.94 Å². The summed E-state index contributed by atoms with van der Waals surface area (Å²) in [6.45, 7) is -0.125. The van der Waals surface area contributed by atoms with Crippen molar-refractivity contribution in [1.82, 2.24) is 15.1 Å². The van der Waals surface area contributed by atoms with Crippen molar-refractivity contribution in [2.45, 2.75) is 23.4 Å². The molecule has 1 aliphatic heterocycles. The summed E-state index contributed by atoms with van der Waals surface area (Å²) >= 11 is 0. The van der Waals surface area contributed by atoms with Crippen molar-refractivity contribution in [3.05, 3.63) is 84.4 Å². The van der Waals surface area contributed by atoms with Gasteiger partial charge >= 0.3 is 0 Å². The van der Waals surface area contributed by atoms with Crippen LogP contribution in [0.3, 0.4) is 0 Å². The molecule has 0 radical (unpaired) electrons. The number of hydrogen-bond donors (Lipinski definition) is 3. The number of carbonyl (C=O) groups is 2. The fourth-order valence-corrected chi connectivity index (χ4v) is 5.73. The first-order chi connectivity index (χ1) is 16.8. The Morgan fingerprint density at radius 3 is 2.17 bits per heavy atom. The van der Waals surface area contributed by atoms with Crippen molar-refractivity contribution < 1.29 is 28.0 Å². The maximum Gasteiger partial charge on any atom is 0.261 e. The summed E-state index contributed by atoms with van der Waals surface area (Å²) in [6.07, 6.45) is 0.00954. The monoisotopic (exact) mass is 495 g/mol. The number of carbonyl (C=O) groups excluding carboxylic acids is 2. The van der Waals surface area contributed by atoms with Gasteiger partial charge in [-0.25, -0.2) is 13.9 Å². The highest BCUT2D eigenvalue weighted by Crippen LogP contribution is 2.28. The Labute approximate surface area is 203 Å². The molecule has 2 atom stereocenters.